The van der Waals surface area contributed by atoms with E-state index >= 15 is 0 Å². The van der Waals surface area contributed by atoms with Crippen molar-refractivity contribution in [1.82, 2.24) is 0 Å². The molecule has 0 atom stereocenters. The minimum atomic E-state index is -0.134. The van der Waals surface area contributed by atoms with E-state index in [4.69, 9.17) is 0 Å². The Bertz CT molecular complexity index is 359. The molecule has 3 heteroatoms. The first-order valence-corrected chi connectivity index (χ1v) is 6.70. The third-order valence-electron chi connectivity index (χ3n) is 2.08. The van der Waals surface area contributed by atoms with Gasteiger partial charge in [-0.1, -0.05) is 43.5 Å². The zero-order valence-corrected chi connectivity index (χ0v) is 11.7. The van der Waals surface area contributed by atoms with Crippen LogP contribution in [0.2, 0.25) is 0 Å². The summed E-state index contributed by atoms with van der Waals surface area (Å²) < 4.78 is 14.3. The van der Waals surface area contributed by atoms with Crippen molar-refractivity contribution >= 4 is 31.9 Å². The average molecular weight is 336 g/mol. The normalized spacial score (nSPS) is 11.9. The van der Waals surface area contributed by atoms with Gasteiger partial charge in [0.15, 0.2) is 0 Å². The Morgan fingerprint density at radius 2 is 2.20 bits per heavy atom. The second-order valence-electron chi connectivity index (χ2n) is 3.44. The number of halogens is 3. The lowest BCUT2D eigenvalue weighted by Gasteiger charge is -2.04. The molecule has 1 rings (SSSR count). The van der Waals surface area contributed by atoms with Crippen LogP contribution in [0, 0.1) is 5.82 Å². The zero-order valence-electron chi connectivity index (χ0n) is 8.56. The second-order valence-corrected chi connectivity index (χ2v) is 5.15. The molecule has 0 aromatic heterocycles. The number of hydrogen-bond donors (Lipinski definition) is 0. The van der Waals surface area contributed by atoms with E-state index in [0.717, 1.165) is 21.8 Å². The second kappa shape index (κ2) is 6.44. The molecule has 0 aliphatic heterocycles. The van der Waals surface area contributed by atoms with Crippen LogP contribution in [0.15, 0.2) is 34.3 Å². The van der Waals surface area contributed by atoms with Gasteiger partial charge in [-0.15, -0.1) is 0 Å². The van der Waals surface area contributed by atoms with Gasteiger partial charge in [0, 0.05) is 9.80 Å². The molecule has 0 saturated heterocycles. The Morgan fingerprint density at radius 3 is 2.87 bits per heavy atom. The van der Waals surface area contributed by atoms with Gasteiger partial charge in [0.05, 0.1) is 0 Å². The van der Waals surface area contributed by atoms with E-state index in [0.29, 0.717) is 6.42 Å². The van der Waals surface area contributed by atoms with Gasteiger partial charge in [-0.3, -0.25) is 0 Å². The van der Waals surface area contributed by atoms with E-state index in [1.165, 1.54) is 11.6 Å². The minimum absolute atomic E-state index is 0.134. The highest BCUT2D eigenvalue weighted by molar-refractivity contribution is 9.10. The van der Waals surface area contributed by atoms with Crippen LogP contribution >= 0.6 is 31.9 Å². The Morgan fingerprint density at radius 1 is 1.47 bits per heavy atom. The Balaban J connectivity index is 2.75. The molecule has 0 N–H and O–H groups in total. The van der Waals surface area contributed by atoms with Crippen LogP contribution in [0.3, 0.4) is 0 Å². The lowest BCUT2D eigenvalue weighted by atomic mass is 10.1. The van der Waals surface area contributed by atoms with E-state index in [1.54, 1.807) is 6.07 Å². The van der Waals surface area contributed by atoms with Crippen molar-refractivity contribution in [2.45, 2.75) is 19.8 Å². The van der Waals surface area contributed by atoms with Gasteiger partial charge in [0.25, 0.3) is 0 Å². The molecule has 0 unspecified atom stereocenters. The molecule has 0 fully saturated rings. The number of hydrogen-bond acceptors (Lipinski definition) is 0. The van der Waals surface area contributed by atoms with Crippen molar-refractivity contribution in [3.63, 3.8) is 0 Å². The predicted molar refractivity (Wildman–Crippen MR) is 70.0 cm³/mol. The molecule has 15 heavy (non-hydrogen) atoms. The highest BCUT2D eigenvalue weighted by Crippen LogP contribution is 2.18. The van der Waals surface area contributed by atoms with Crippen LogP contribution < -0.4 is 0 Å². The van der Waals surface area contributed by atoms with Gasteiger partial charge in [-0.05, 0) is 43.5 Å². The molecule has 0 aliphatic rings. The summed E-state index contributed by atoms with van der Waals surface area (Å²) in [4.78, 5) is 0. The third-order valence-corrected chi connectivity index (χ3v) is 3.03. The summed E-state index contributed by atoms with van der Waals surface area (Å²) >= 11 is 6.71. The predicted octanol–water partition coefficient (Wildman–Crippen LogP) is 4.86. The maximum Gasteiger partial charge on any atom is 0.126 e. The smallest absolute Gasteiger partial charge is 0.126 e. The Hall–Kier alpha value is -0.150. The van der Waals surface area contributed by atoms with Crippen molar-refractivity contribution in [2.24, 2.45) is 0 Å². The largest absolute Gasteiger partial charge is 0.207 e. The number of benzene rings is 1. The molecular weight excluding hydrogens is 323 g/mol. The summed E-state index contributed by atoms with van der Waals surface area (Å²) in [5.41, 5.74) is 1.94. The fourth-order valence-electron chi connectivity index (χ4n) is 1.35. The van der Waals surface area contributed by atoms with Crippen LogP contribution in [0.5, 0.6) is 0 Å². The maximum atomic E-state index is 13.4. The molecule has 0 heterocycles. The van der Waals surface area contributed by atoms with E-state index in [-0.39, 0.29) is 5.82 Å². The van der Waals surface area contributed by atoms with Crippen molar-refractivity contribution in [3.05, 3.63) is 45.7 Å². The fraction of sp³-hybridized carbons (Fsp3) is 0.333. The fourth-order valence-corrected chi connectivity index (χ4v) is 1.99. The summed E-state index contributed by atoms with van der Waals surface area (Å²) in [6.45, 7) is 2.03. The van der Waals surface area contributed by atoms with Gasteiger partial charge in [0.2, 0.25) is 0 Å². The summed E-state index contributed by atoms with van der Waals surface area (Å²) in [5, 5.41) is 0.950. The summed E-state index contributed by atoms with van der Waals surface area (Å²) in [5.74, 6) is -0.134. The average Bonchev–Trinajstić information content (AvgIpc) is 2.20. The lowest BCUT2D eigenvalue weighted by Crippen LogP contribution is -1.92. The molecule has 1 aromatic carbocycles. The minimum Gasteiger partial charge on any atom is -0.207 e. The first-order chi connectivity index (χ1) is 7.13. The Kier molecular flexibility index (Phi) is 5.54. The van der Waals surface area contributed by atoms with Crippen molar-refractivity contribution in [2.75, 3.05) is 5.33 Å². The van der Waals surface area contributed by atoms with Gasteiger partial charge in [0.1, 0.15) is 5.82 Å². The first-order valence-electron chi connectivity index (χ1n) is 4.79. The van der Waals surface area contributed by atoms with E-state index < -0.39 is 0 Å². The third kappa shape index (κ3) is 4.47. The monoisotopic (exact) mass is 334 g/mol. The standard InChI is InChI=1S/C12H13Br2F/c1-9(3-2-6-13)7-10-8-11(14)4-5-12(10)15/h3-5,8H,2,6-7H2,1H3. The van der Waals surface area contributed by atoms with E-state index in [1.807, 2.05) is 13.0 Å². The molecule has 0 amide bonds. The van der Waals surface area contributed by atoms with E-state index in [2.05, 4.69) is 37.9 Å². The summed E-state index contributed by atoms with van der Waals surface area (Å²) in [6.07, 6.45) is 3.80. The Labute approximate surface area is 107 Å². The van der Waals surface area contributed by atoms with Crippen molar-refractivity contribution in [3.8, 4) is 0 Å². The van der Waals surface area contributed by atoms with Crippen molar-refractivity contribution in [1.29, 1.82) is 0 Å². The molecule has 82 valence electrons. The molecule has 1 aromatic rings. The topological polar surface area (TPSA) is 0 Å². The highest BCUT2D eigenvalue weighted by atomic mass is 79.9. The van der Waals surface area contributed by atoms with Crippen LogP contribution in [0.25, 0.3) is 0 Å². The summed E-state index contributed by atoms with van der Waals surface area (Å²) in [7, 11) is 0. The summed E-state index contributed by atoms with van der Waals surface area (Å²) in [6, 6.07) is 5.05. The lowest BCUT2D eigenvalue weighted by molar-refractivity contribution is 0.613. The van der Waals surface area contributed by atoms with E-state index in [9.17, 15) is 4.39 Å². The number of allylic oxidation sites excluding steroid dienone is 2. The molecule has 0 saturated carbocycles. The molecule has 0 nitrogen and oxygen atoms in total. The van der Waals surface area contributed by atoms with Crippen LogP contribution in [-0.4, -0.2) is 5.33 Å². The first kappa shape index (κ1) is 12.9. The highest BCUT2D eigenvalue weighted by Gasteiger charge is 2.03. The molecule has 0 radical (unpaired) electrons. The number of alkyl halides is 1. The maximum absolute atomic E-state index is 13.4. The van der Waals surface area contributed by atoms with Gasteiger partial charge in [-0.25, -0.2) is 4.39 Å². The number of rotatable bonds is 4. The van der Waals surface area contributed by atoms with Gasteiger partial charge < -0.3 is 0 Å². The van der Waals surface area contributed by atoms with Crippen LogP contribution in [0.1, 0.15) is 18.9 Å². The van der Waals surface area contributed by atoms with Gasteiger partial charge in [-0.2, -0.15) is 0 Å². The molecule has 0 bridgehead atoms. The quantitative estimate of drug-likeness (QED) is 0.544. The van der Waals surface area contributed by atoms with Crippen LogP contribution in [-0.2, 0) is 6.42 Å². The zero-order chi connectivity index (χ0) is 11.3. The van der Waals surface area contributed by atoms with Crippen LogP contribution in [0.4, 0.5) is 4.39 Å². The molecule has 0 spiro atoms. The molecular formula is C12H13Br2F. The molecule has 0 aliphatic carbocycles. The van der Waals surface area contributed by atoms with Gasteiger partial charge >= 0.3 is 0 Å². The SMILES string of the molecule is CC(=CCCBr)Cc1cc(Br)ccc1F. The van der Waals surface area contributed by atoms with Crippen molar-refractivity contribution < 1.29 is 4.39 Å².